The Morgan fingerprint density at radius 2 is 1.82 bits per heavy atom. The number of carbonyl (C=O) groups excluding carboxylic acids is 3. The first-order valence-corrected chi connectivity index (χ1v) is 11.7. The van der Waals surface area contributed by atoms with Crippen molar-refractivity contribution in [3.05, 3.63) is 41.9 Å². The molecule has 174 valence electrons. The standard InChI is InChI=1S/C24H29N5O4/c1-2-19-18(13-26-29(19)20-5-3-4-6-25-20)22(31)33-14-21(30)27-23(32)28-24-10-15-7-16(11-24)9-17(8-15)12-24/h3-6,13,15-17H,2,7-12,14H2,1H3,(H2,27,28,30,32). The molecule has 2 N–H and O–H groups in total. The number of carbonyl (C=O) groups is 3. The lowest BCUT2D eigenvalue weighted by atomic mass is 9.53. The predicted octanol–water partition coefficient (Wildman–Crippen LogP) is 2.78. The van der Waals surface area contributed by atoms with Gasteiger partial charge in [-0.2, -0.15) is 5.10 Å². The molecule has 0 atom stereocenters. The second-order valence-electron chi connectivity index (χ2n) is 9.73. The second kappa shape index (κ2) is 8.61. The van der Waals surface area contributed by atoms with E-state index in [1.165, 1.54) is 25.5 Å². The van der Waals surface area contributed by atoms with Gasteiger partial charge in [-0.15, -0.1) is 0 Å². The second-order valence-corrected chi connectivity index (χ2v) is 9.73. The van der Waals surface area contributed by atoms with Crippen LogP contribution >= 0.6 is 0 Å². The number of hydrogen-bond donors (Lipinski definition) is 2. The van der Waals surface area contributed by atoms with Gasteiger partial charge in [0.05, 0.1) is 11.9 Å². The quantitative estimate of drug-likeness (QED) is 0.653. The molecule has 3 amide bonds. The summed E-state index contributed by atoms with van der Waals surface area (Å²) in [5.41, 5.74) is 0.721. The Hall–Kier alpha value is -3.23. The molecule has 33 heavy (non-hydrogen) atoms. The molecule has 4 saturated carbocycles. The summed E-state index contributed by atoms with van der Waals surface area (Å²) in [5, 5.41) is 9.65. The van der Waals surface area contributed by atoms with Crippen LogP contribution in [0.1, 0.15) is 61.5 Å². The van der Waals surface area contributed by atoms with Crippen molar-refractivity contribution < 1.29 is 19.1 Å². The highest BCUT2D eigenvalue weighted by molar-refractivity contribution is 5.97. The number of imide groups is 1. The highest BCUT2D eigenvalue weighted by Crippen LogP contribution is 2.55. The number of pyridine rings is 1. The zero-order chi connectivity index (χ0) is 23.0. The van der Waals surface area contributed by atoms with E-state index in [0.29, 0.717) is 35.7 Å². The van der Waals surface area contributed by atoms with E-state index in [1.54, 1.807) is 23.0 Å². The smallest absolute Gasteiger partial charge is 0.342 e. The third kappa shape index (κ3) is 4.36. The number of urea groups is 1. The number of amides is 3. The maximum atomic E-state index is 12.6. The van der Waals surface area contributed by atoms with E-state index in [1.807, 2.05) is 13.0 Å². The van der Waals surface area contributed by atoms with E-state index in [4.69, 9.17) is 4.74 Å². The first kappa shape index (κ1) is 21.6. The number of esters is 1. The molecular weight excluding hydrogens is 422 g/mol. The molecule has 9 nitrogen and oxygen atoms in total. The summed E-state index contributed by atoms with van der Waals surface area (Å²) < 4.78 is 6.75. The number of nitrogens with one attached hydrogen (secondary N) is 2. The van der Waals surface area contributed by atoms with Gasteiger partial charge in [-0.25, -0.2) is 19.3 Å². The minimum absolute atomic E-state index is 0.189. The van der Waals surface area contributed by atoms with Gasteiger partial charge < -0.3 is 10.1 Å². The van der Waals surface area contributed by atoms with Crippen LogP contribution in [0.4, 0.5) is 4.79 Å². The molecule has 0 aliphatic heterocycles. The first-order valence-electron chi connectivity index (χ1n) is 11.7. The van der Waals surface area contributed by atoms with Gasteiger partial charge in [0.2, 0.25) is 0 Å². The van der Waals surface area contributed by atoms with Crippen molar-refractivity contribution in [3.63, 3.8) is 0 Å². The molecule has 2 heterocycles. The Kier molecular flexibility index (Phi) is 5.64. The summed E-state index contributed by atoms with van der Waals surface area (Å²) in [7, 11) is 0. The van der Waals surface area contributed by atoms with Crippen LogP contribution < -0.4 is 10.6 Å². The van der Waals surface area contributed by atoms with Crippen molar-refractivity contribution in [3.8, 4) is 5.82 Å². The molecule has 0 radical (unpaired) electrons. The lowest BCUT2D eigenvalue weighted by Gasteiger charge is -2.56. The maximum Gasteiger partial charge on any atom is 0.342 e. The van der Waals surface area contributed by atoms with Gasteiger partial charge in [0.25, 0.3) is 5.91 Å². The molecule has 0 unspecified atom stereocenters. The Labute approximate surface area is 192 Å². The van der Waals surface area contributed by atoms with Crippen molar-refractivity contribution in [1.82, 2.24) is 25.4 Å². The lowest BCUT2D eigenvalue weighted by Crippen LogP contribution is -2.62. The summed E-state index contributed by atoms with van der Waals surface area (Å²) in [5.74, 6) is 1.34. The Bertz CT molecular complexity index is 1030. The van der Waals surface area contributed by atoms with Crippen LogP contribution in [-0.2, 0) is 16.0 Å². The van der Waals surface area contributed by atoms with E-state index in [2.05, 4.69) is 20.7 Å². The summed E-state index contributed by atoms with van der Waals surface area (Å²) in [6, 6.07) is 4.92. The minimum Gasteiger partial charge on any atom is -0.452 e. The predicted molar refractivity (Wildman–Crippen MR) is 119 cm³/mol. The molecule has 4 aliphatic carbocycles. The third-order valence-corrected chi connectivity index (χ3v) is 7.29. The average molecular weight is 452 g/mol. The number of ether oxygens (including phenoxy) is 1. The van der Waals surface area contributed by atoms with Gasteiger partial charge in [-0.3, -0.25) is 10.1 Å². The molecule has 0 spiro atoms. The van der Waals surface area contributed by atoms with Gasteiger partial charge in [0.15, 0.2) is 12.4 Å². The van der Waals surface area contributed by atoms with Crippen LogP contribution in [0.2, 0.25) is 0 Å². The van der Waals surface area contributed by atoms with Crippen molar-refractivity contribution in [1.29, 1.82) is 0 Å². The van der Waals surface area contributed by atoms with E-state index >= 15 is 0 Å². The molecule has 4 aliphatic rings. The van der Waals surface area contributed by atoms with E-state index in [-0.39, 0.29) is 11.1 Å². The highest BCUT2D eigenvalue weighted by Gasteiger charge is 2.51. The molecule has 2 aromatic heterocycles. The van der Waals surface area contributed by atoms with Crippen molar-refractivity contribution in [2.24, 2.45) is 17.8 Å². The topological polar surface area (TPSA) is 115 Å². The first-order chi connectivity index (χ1) is 15.9. The average Bonchev–Trinajstić information content (AvgIpc) is 3.21. The fourth-order valence-electron chi connectivity index (χ4n) is 6.47. The zero-order valence-corrected chi connectivity index (χ0v) is 18.8. The Morgan fingerprint density at radius 3 is 2.42 bits per heavy atom. The van der Waals surface area contributed by atoms with Crippen LogP contribution in [0, 0.1) is 17.8 Å². The summed E-state index contributed by atoms with van der Waals surface area (Å²) in [4.78, 5) is 41.6. The number of nitrogens with zero attached hydrogens (tertiary/aromatic N) is 3. The summed E-state index contributed by atoms with van der Waals surface area (Å²) >= 11 is 0. The van der Waals surface area contributed by atoms with Crippen LogP contribution in [0.3, 0.4) is 0 Å². The summed E-state index contributed by atoms with van der Waals surface area (Å²) in [6.07, 6.45) is 10.4. The molecule has 6 rings (SSSR count). The molecule has 2 aromatic rings. The number of aromatic nitrogens is 3. The molecule has 4 fully saturated rings. The molecule has 9 heteroatoms. The van der Waals surface area contributed by atoms with Gasteiger partial charge >= 0.3 is 12.0 Å². The normalized spacial score (nSPS) is 27.2. The monoisotopic (exact) mass is 451 g/mol. The fourth-order valence-corrected chi connectivity index (χ4v) is 6.47. The largest absolute Gasteiger partial charge is 0.452 e. The summed E-state index contributed by atoms with van der Waals surface area (Å²) in [6.45, 7) is 1.36. The molecule has 4 bridgehead atoms. The third-order valence-electron chi connectivity index (χ3n) is 7.29. The van der Waals surface area contributed by atoms with Gasteiger partial charge in [-0.1, -0.05) is 13.0 Å². The van der Waals surface area contributed by atoms with Gasteiger partial charge in [0, 0.05) is 11.7 Å². The highest BCUT2D eigenvalue weighted by atomic mass is 16.5. The van der Waals surface area contributed by atoms with Crippen LogP contribution in [0.25, 0.3) is 5.82 Å². The minimum atomic E-state index is -0.661. The zero-order valence-electron chi connectivity index (χ0n) is 18.8. The fraction of sp³-hybridized carbons (Fsp3) is 0.542. The maximum absolute atomic E-state index is 12.6. The number of rotatable bonds is 6. The van der Waals surface area contributed by atoms with Crippen molar-refractivity contribution in [2.45, 2.75) is 57.4 Å². The molecular formula is C24H29N5O4. The SMILES string of the molecule is CCc1c(C(=O)OCC(=O)NC(=O)NC23CC4CC(CC(C4)C2)C3)cnn1-c1ccccn1. The molecule has 0 saturated heterocycles. The van der Waals surface area contributed by atoms with Crippen LogP contribution in [0.5, 0.6) is 0 Å². The number of hydrogen-bond acceptors (Lipinski definition) is 6. The van der Waals surface area contributed by atoms with E-state index in [9.17, 15) is 14.4 Å². The Balaban J connectivity index is 1.15. The lowest BCUT2D eigenvalue weighted by molar-refractivity contribution is -0.123. The van der Waals surface area contributed by atoms with Crippen LogP contribution in [0.15, 0.2) is 30.6 Å². The van der Waals surface area contributed by atoms with Crippen molar-refractivity contribution in [2.75, 3.05) is 6.61 Å². The molecule has 0 aromatic carbocycles. The van der Waals surface area contributed by atoms with Crippen LogP contribution in [-0.4, -0.2) is 44.8 Å². The Morgan fingerprint density at radius 1 is 1.12 bits per heavy atom. The van der Waals surface area contributed by atoms with E-state index < -0.39 is 24.5 Å². The van der Waals surface area contributed by atoms with Gasteiger partial charge in [-0.05, 0) is 74.8 Å². The van der Waals surface area contributed by atoms with Gasteiger partial charge in [0.1, 0.15) is 5.56 Å². The van der Waals surface area contributed by atoms with Crippen molar-refractivity contribution >= 4 is 17.9 Å². The van der Waals surface area contributed by atoms with E-state index in [0.717, 1.165) is 19.3 Å².